The van der Waals surface area contributed by atoms with Crippen LogP contribution in [0.25, 0.3) is 0 Å². The monoisotopic (exact) mass is 434 g/mol. The first-order valence-corrected chi connectivity index (χ1v) is 10.6. The fourth-order valence-corrected chi connectivity index (χ4v) is 4.07. The summed E-state index contributed by atoms with van der Waals surface area (Å²) in [5.74, 6) is -2.40. The molecule has 164 valence electrons. The number of piperazine rings is 1. The molecule has 4 nitrogen and oxygen atoms in total. The zero-order chi connectivity index (χ0) is 22.5. The molecule has 3 aromatic carbocycles. The third-order valence-corrected chi connectivity index (χ3v) is 5.87. The first-order chi connectivity index (χ1) is 15.5. The van der Waals surface area contributed by atoms with E-state index in [-0.39, 0.29) is 23.3 Å². The van der Waals surface area contributed by atoms with Gasteiger partial charge in [0, 0.05) is 44.1 Å². The minimum atomic E-state index is -1.04. The van der Waals surface area contributed by atoms with Crippen molar-refractivity contribution in [1.82, 2.24) is 9.80 Å². The molecule has 1 heterocycles. The molecule has 1 aliphatic rings. The molecule has 0 spiro atoms. The van der Waals surface area contributed by atoms with Crippen LogP contribution in [0.4, 0.5) is 8.78 Å². The Labute approximate surface area is 186 Å². The Kier molecular flexibility index (Phi) is 6.59. The summed E-state index contributed by atoms with van der Waals surface area (Å²) in [6.07, 6.45) is 0.338. The summed E-state index contributed by atoms with van der Waals surface area (Å²) in [6.45, 7) is 1.52. The second-order valence-corrected chi connectivity index (χ2v) is 7.88. The maximum atomic E-state index is 13.5. The van der Waals surface area contributed by atoms with Gasteiger partial charge in [0.05, 0.1) is 0 Å². The smallest absolute Gasteiger partial charge is 0.254 e. The minimum absolute atomic E-state index is 0.0302. The number of rotatable bonds is 5. The van der Waals surface area contributed by atoms with Crippen LogP contribution in [0.1, 0.15) is 33.8 Å². The molecule has 1 aliphatic heterocycles. The first-order valence-electron chi connectivity index (χ1n) is 10.6. The van der Waals surface area contributed by atoms with Crippen LogP contribution >= 0.6 is 0 Å². The van der Waals surface area contributed by atoms with Crippen molar-refractivity contribution < 1.29 is 18.4 Å². The maximum absolute atomic E-state index is 13.5. The van der Waals surface area contributed by atoms with Crippen LogP contribution in [0.15, 0.2) is 78.9 Å². The van der Waals surface area contributed by atoms with E-state index in [1.807, 2.05) is 60.7 Å². The summed E-state index contributed by atoms with van der Waals surface area (Å²) < 4.78 is 26.6. The number of hydrogen-bond donors (Lipinski definition) is 0. The Bertz CT molecular complexity index is 1040. The summed E-state index contributed by atoms with van der Waals surface area (Å²) in [7, 11) is 0. The van der Waals surface area contributed by atoms with Crippen LogP contribution in [-0.4, -0.2) is 47.8 Å². The normalized spacial score (nSPS) is 14.0. The molecule has 0 N–H and O–H groups in total. The van der Waals surface area contributed by atoms with E-state index >= 15 is 0 Å². The standard InChI is InChI=1S/C26H24F2N2O2/c27-23-12-11-21(17-24(23)28)26(32)30-15-13-29(14-16-30)25(31)18-22(19-7-3-1-4-8-19)20-9-5-2-6-10-20/h1-12,17,22H,13-16,18H2. The number of hydrogen-bond acceptors (Lipinski definition) is 2. The molecule has 0 saturated carbocycles. The minimum Gasteiger partial charge on any atom is -0.339 e. The van der Waals surface area contributed by atoms with Crippen molar-refractivity contribution in [2.24, 2.45) is 0 Å². The average molecular weight is 434 g/mol. The Morgan fingerprint density at radius 1 is 0.719 bits per heavy atom. The molecule has 0 aromatic heterocycles. The molecule has 6 heteroatoms. The van der Waals surface area contributed by atoms with Crippen LogP contribution < -0.4 is 0 Å². The van der Waals surface area contributed by atoms with E-state index in [9.17, 15) is 18.4 Å². The van der Waals surface area contributed by atoms with Gasteiger partial charge < -0.3 is 9.80 Å². The summed E-state index contributed by atoms with van der Waals surface area (Å²) >= 11 is 0. The first kappa shape index (κ1) is 21.7. The molecule has 3 aromatic rings. The van der Waals surface area contributed by atoms with Gasteiger partial charge in [0.1, 0.15) is 0 Å². The van der Waals surface area contributed by atoms with Crippen molar-refractivity contribution in [2.45, 2.75) is 12.3 Å². The Hall–Kier alpha value is -3.54. The highest BCUT2D eigenvalue weighted by atomic mass is 19.2. The third-order valence-electron chi connectivity index (χ3n) is 5.87. The highest BCUT2D eigenvalue weighted by Gasteiger charge is 2.27. The fourth-order valence-electron chi connectivity index (χ4n) is 4.07. The summed E-state index contributed by atoms with van der Waals surface area (Å²) in [4.78, 5) is 29.1. The van der Waals surface area contributed by atoms with Gasteiger partial charge in [0.25, 0.3) is 5.91 Å². The van der Waals surface area contributed by atoms with Crippen molar-refractivity contribution in [3.8, 4) is 0 Å². The van der Waals surface area contributed by atoms with Gasteiger partial charge in [0.2, 0.25) is 5.91 Å². The largest absolute Gasteiger partial charge is 0.339 e. The van der Waals surface area contributed by atoms with Crippen LogP contribution in [0.5, 0.6) is 0 Å². The van der Waals surface area contributed by atoms with Gasteiger partial charge >= 0.3 is 0 Å². The van der Waals surface area contributed by atoms with Crippen molar-refractivity contribution in [3.05, 3.63) is 107 Å². The molecule has 1 fully saturated rings. The van der Waals surface area contributed by atoms with Crippen molar-refractivity contribution >= 4 is 11.8 Å². The molecule has 32 heavy (non-hydrogen) atoms. The SMILES string of the molecule is O=C(CC(c1ccccc1)c1ccccc1)N1CCN(C(=O)c2ccc(F)c(F)c2)CC1. The van der Waals surface area contributed by atoms with Gasteiger partial charge in [-0.15, -0.1) is 0 Å². The van der Waals surface area contributed by atoms with Gasteiger partial charge in [-0.25, -0.2) is 8.78 Å². The lowest BCUT2D eigenvalue weighted by Gasteiger charge is -2.35. The summed E-state index contributed by atoms with van der Waals surface area (Å²) in [5.41, 5.74) is 2.27. The molecule has 4 rings (SSSR count). The van der Waals surface area contributed by atoms with Gasteiger partial charge in [-0.2, -0.15) is 0 Å². The number of halogens is 2. The predicted octanol–water partition coefficient (Wildman–Crippen LogP) is 4.47. The second kappa shape index (κ2) is 9.73. The number of amides is 2. The van der Waals surface area contributed by atoms with E-state index in [4.69, 9.17) is 0 Å². The predicted molar refractivity (Wildman–Crippen MR) is 118 cm³/mol. The lowest BCUT2D eigenvalue weighted by atomic mass is 9.88. The van der Waals surface area contributed by atoms with Crippen molar-refractivity contribution in [2.75, 3.05) is 26.2 Å². The van der Waals surface area contributed by atoms with Crippen molar-refractivity contribution in [1.29, 1.82) is 0 Å². The van der Waals surface area contributed by atoms with Crippen molar-refractivity contribution in [3.63, 3.8) is 0 Å². The van der Waals surface area contributed by atoms with Gasteiger partial charge in [-0.3, -0.25) is 9.59 Å². The van der Waals surface area contributed by atoms with E-state index in [2.05, 4.69) is 0 Å². The summed E-state index contributed by atoms with van der Waals surface area (Å²) in [5, 5.41) is 0. The zero-order valence-electron chi connectivity index (χ0n) is 17.6. The fraction of sp³-hybridized carbons (Fsp3) is 0.231. The lowest BCUT2D eigenvalue weighted by molar-refractivity contribution is -0.132. The van der Waals surface area contributed by atoms with E-state index in [1.54, 1.807) is 9.80 Å². The lowest BCUT2D eigenvalue weighted by Crippen LogP contribution is -2.50. The number of benzene rings is 3. The number of nitrogens with zero attached hydrogens (tertiary/aromatic N) is 2. The zero-order valence-corrected chi connectivity index (χ0v) is 17.6. The molecule has 0 unspecified atom stereocenters. The molecular weight excluding hydrogens is 410 g/mol. The molecule has 0 radical (unpaired) electrons. The summed E-state index contributed by atoms with van der Waals surface area (Å²) in [6, 6.07) is 23.1. The Morgan fingerprint density at radius 3 is 1.78 bits per heavy atom. The van der Waals surface area contributed by atoms with Gasteiger partial charge in [-0.1, -0.05) is 60.7 Å². The van der Waals surface area contributed by atoms with Crippen LogP contribution in [0, 0.1) is 11.6 Å². The third kappa shape index (κ3) is 4.85. The van der Waals surface area contributed by atoms with E-state index in [0.717, 1.165) is 23.3 Å². The van der Waals surface area contributed by atoms with Crippen LogP contribution in [0.2, 0.25) is 0 Å². The molecule has 0 aliphatic carbocycles. The highest BCUT2D eigenvalue weighted by Crippen LogP contribution is 2.29. The highest BCUT2D eigenvalue weighted by molar-refractivity contribution is 5.94. The molecule has 1 saturated heterocycles. The number of carbonyl (C=O) groups excluding carboxylic acids is 2. The molecular formula is C26H24F2N2O2. The van der Waals surface area contributed by atoms with E-state index in [0.29, 0.717) is 32.6 Å². The van der Waals surface area contributed by atoms with E-state index in [1.165, 1.54) is 6.07 Å². The van der Waals surface area contributed by atoms with Gasteiger partial charge in [0.15, 0.2) is 11.6 Å². The van der Waals surface area contributed by atoms with Crippen LogP contribution in [0.3, 0.4) is 0 Å². The van der Waals surface area contributed by atoms with Crippen LogP contribution in [-0.2, 0) is 4.79 Å². The molecule has 0 atom stereocenters. The average Bonchev–Trinajstić information content (AvgIpc) is 2.85. The second-order valence-electron chi connectivity index (χ2n) is 7.88. The Morgan fingerprint density at radius 2 is 1.25 bits per heavy atom. The molecule has 2 amide bonds. The quantitative estimate of drug-likeness (QED) is 0.595. The topological polar surface area (TPSA) is 40.6 Å². The number of carbonyl (C=O) groups is 2. The van der Waals surface area contributed by atoms with E-state index < -0.39 is 11.6 Å². The maximum Gasteiger partial charge on any atom is 0.254 e. The Balaban J connectivity index is 1.41. The van der Waals surface area contributed by atoms with Gasteiger partial charge in [-0.05, 0) is 29.3 Å². The molecule has 0 bridgehead atoms.